The molecular formula is C25H24N10O3S2. The summed E-state index contributed by atoms with van der Waals surface area (Å²) in [6.07, 6.45) is 7.88. The minimum Gasteiger partial charge on any atom is -0.382 e. The number of aryl methyl sites for hydroxylation is 1. The largest absolute Gasteiger partial charge is 0.382 e. The van der Waals surface area contributed by atoms with Crippen molar-refractivity contribution >= 4 is 38.5 Å². The Balaban J connectivity index is 1.27. The van der Waals surface area contributed by atoms with Crippen molar-refractivity contribution < 1.29 is 13.2 Å². The van der Waals surface area contributed by atoms with Gasteiger partial charge in [0.15, 0.2) is 21.2 Å². The van der Waals surface area contributed by atoms with E-state index in [4.69, 9.17) is 10.7 Å². The number of hydrogen-bond donors (Lipinski definition) is 2. The monoisotopic (exact) mass is 576 g/mol. The van der Waals surface area contributed by atoms with Gasteiger partial charge in [0.25, 0.3) is 5.91 Å². The Morgan fingerprint density at radius 1 is 1.12 bits per heavy atom. The van der Waals surface area contributed by atoms with E-state index < -0.39 is 9.84 Å². The predicted octanol–water partition coefficient (Wildman–Crippen LogP) is 2.49. The Bertz CT molecular complexity index is 1870. The number of nitrogens with one attached hydrogen (secondary N) is 1. The smallest absolute Gasteiger partial charge is 0.276 e. The second-order valence-corrected chi connectivity index (χ2v) is 13.1. The summed E-state index contributed by atoms with van der Waals surface area (Å²) < 4.78 is 27.3. The van der Waals surface area contributed by atoms with Crippen LogP contribution in [-0.2, 0) is 9.84 Å². The number of nitrogens with two attached hydrogens (primary N) is 1. The van der Waals surface area contributed by atoms with Crippen LogP contribution in [0.15, 0.2) is 41.0 Å². The Morgan fingerprint density at radius 3 is 2.55 bits per heavy atom. The van der Waals surface area contributed by atoms with Gasteiger partial charge in [0.05, 0.1) is 23.8 Å². The second-order valence-electron chi connectivity index (χ2n) is 10.3. The number of nitrogens with zero attached hydrogens (tertiary/aromatic N) is 8. The van der Waals surface area contributed by atoms with Gasteiger partial charge in [0.1, 0.15) is 15.7 Å². The normalized spacial score (nSPS) is 20.6. The van der Waals surface area contributed by atoms with Gasteiger partial charge < -0.3 is 10.6 Å². The number of aromatic amines is 1. The molecule has 2 aliphatic heterocycles. The molecule has 5 aromatic heterocycles. The Hall–Kier alpha value is -4.24. The highest BCUT2D eigenvalue weighted by Gasteiger charge is 2.50. The van der Waals surface area contributed by atoms with Crippen LogP contribution in [0.3, 0.4) is 0 Å². The number of aromatic nitrogens is 8. The standard InChI is InChI=1S/C25H24N10O3S2/c1-12-11-39-24(30-12)18-4-3-13(8-27-18)17-9-29-35-22(26)21(40(2,37)38)20(31-23(17)35)14-5-15-7-16(6-14)34(15)25(36)19-10-28-33-32-19/h3-4,8-11,14-16H,5-7,26H2,1-2H3,(H,28,32,33)/t14?,15-,16+. The zero-order valence-electron chi connectivity index (χ0n) is 21.5. The van der Waals surface area contributed by atoms with Crippen LogP contribution in [0.25, 0.3) is 27.5 Å². The summed E-state index contributed by atoms with van der Waals surface area (Å²) in [5.41, 5.74) is 10.8. The van der Waals surface area contributed by atoms with Gasteiger partial charge in [-0.3, -0.25) is 9.78 Å². The number of H-pyrrole nitrogens is 1. The molecule has 3 aliphatic rings. The van der Waals surface area contributed by atoms with E-state index in [1.807, 2.05) is 29.3 Å². The highest BCUT2D eigenvalue weighted by molar-refractivity contribution is 7.91. The van der Waals surface area contributed by atoms with E-state index in [0.717, 1.165) is 34.6 Å². The number of amides is 1. The summed E-state index contributed by atoms with van der Waals surface area (Å²) in [6, 6.07) is 3.72. The number of thiazole rings is 1. The molecule has 2 saturated heterocycles. The maximum absolute atomic E-state index is 13.0. The molecule has 204 valence electrons. The number of rotatable bonds is 5. The summed E-state index contributed by atoms with van der Waals surface area (Å²) in [6.45, 7) is 1.94. The van der Waals surface area contributed by atoms with Gasteiger partial charge in [0, 0.05) is 52.7 Å². The highest BCUT2D eigenvalue weighted by atomic mass is 32.2. The van der Waals surface area contributed by atoms with Crippen molar-refractivity contribution in [3.63, 3.8) is 0 Å². The molecule has 40 heavy (non-hydrogen) atoms. The number of anilines is 1. The Kier molecular flexibility index (Phi) is 5.51. The molecule has 3 N–H and O–H groups in total. The van der Waals surface area contributed by atoms with Crippen LogP contribution in [0.5, 0.6) is 0 Å². The second kappa shape index (κ2) is 8.89. The summed E-state index contributed by atoms with van der Waals surface area (Å²) >= 11 is 1.53. The zero-order chi connectivity index (χ0) is 27.8. The average Bonchev–Trinajstić information content (AvgIpc) is 3.69. The molecule has 15 heteroatoms. The average molecular weight is 577 g/mol. The highest BCUT2D eigenvalue weighted by Crippen LogP contribution is 2.47. The molecule has 13 nitrogen and oxygen atoms in total. The molecule has 7 heterocycles. The van der Waals surface area contributed by atoms with Gasteiger partial charge in [-0.2, -0.15) is 25.0 Å². The summed E-state index contributed by atoms with van der Waals surface area (Å²) in [4.78, 5) is 28.7. The zero-order valence-corrected chi connectivity index (χ0v) is 23.1. The molecule has 0 spiro atoms. The van der Waals surface area contributed by atoms with E-state index in [2.05, 4.69) is 30.5 Å². The van der Waals surface area contributed by atoms with Gasteiger partial charge in [-0.05, 0) is 32.3 Å². The van der Waals surface area contributed by atoms with Crippen molar-refractivity contribution in [1.29, 1.82) is 0 Å². The number of pyridine rings is 1. The first-order valence-electron chi connectivity index (χ1n) is 12.6. The number of sulfone groups is 1. The summed E-state index contributed by atoms with van der Waals surface area (Å²) in [5.74, 6) is -0.355. The van der Waals surface area contributed by atoms with Crippen LogP contribution in [0.2, 0.25) is 0 Å². The number of nitrogen functional groups attached to an aromatic ring is 1. The van der Waals surface area contributed by atoms with Crippen LogP contribution in [0.4, 0.5) is 5.82 Å². The SMILES string of the molecule is Cc1csc(-c2ccc(-c3cnn4c(N)c(S(C)(=O)=O)c(C5C[C@@H]6C[C@H](C5)N6C(=O)c5cn[nH]n5)nc34)cn2)n1. The lowest BCUT2D eigenvalue weighted by Gasteiger charge is -2.55. The van der Waals surface area contributed by atoms with E-state index in [0.29, 0.717) is 29.7 Å². The van der Waals surface area contributed by atoms with Crippen molar-refractivity contribution in [2.24, 2.45) is 0 Å². The first-order valence-corrected chi connectivity index (χ1v) is 15.4. The first kappa shape index (κ1) is 24.8. The van der Waals surface area contributed by atoms with Crippen molar-refractivity contribution in [2.75, 3.05) is 12.0 Å². The molecule has 0 radical (unpaired) electrons. The van der Waals surface area contributed by atoms with Crippen molar-refractivity contribution in [1.82, 2.24) is 44.9 Å². The van der Waals surface area contributed by atoms with E-state index in [1.54, 1.807) is 12.4 Å². The fourth-order valence-corrected chi connectivity index (χ4v) is 7.73. The number of hydrogen-bond acceptors (Lipinski definition) is 11. The summed E-state index contributed by atoms with van der Waals surface area (Å²) in [5, 5.41) is 17.3. The number of carbonyl (C=O) groups is 1. The first-order chi connectivity index (χ1) is 19.2. The quantitative estimate of drug-likeness (QED) is 0.316. The number of carbonyl (C=O) groups excluding carboxylic acids is 1. The molecule has 5 aromatic rings. The molecular weight excluding hydrogens is 552 g/mol. The molecule has 1 saturated carbocycles. The fraction of sp³-hybridized carbons (Fsp3) is 0.320. The van der Waals surface area contributed by atoms with Crippen molar-refractivity contribution in [3.8, 4) is 21.8 Å². The number of piperidine rings is 1. The van der Waals surface area contributed by atoms with Crippen LogP contribution in [-0.4, -0.2) is 77.5 Å². The predicted molar refractivity (Wildman–Crippen MR) is 146 cm³/mol. The van der Waals surface area contributed by atoms with Gasteiger partial charge >= 0.3 is 0 Å². The lowest BCUT2D eigenvalue weighted by atomic mass is 9.72. The lowest BCUT2D eigenvalue weighted by molar-refractivity contribution is -0.0201. The van der Waals surface area contributed by atoms with E-state index in [-0.39, 0.29) is 40.3 Å². The molecule has 0 aromatic carbocycles. The minimum atomic E-state index is -3.73. The molecule has 3 fully saturated rings. The van der Waals surface area contributed by atoms with Crippen LogP contribution >= 0.6 is 11.3 Å². The van der Waals surface area contributed by atoms with Gasteiger partial charge in [-0.15, -0.1) is 11.3 Å². The lowest BCUT2D eigenvalue weighted by Crippen LogP contribution is -2.62. The van der Waals surface area contributed by atoms with Gasteiger partial charge in [-0.1, -0.05) is 6.07 Å². The summed E-state index contributed by atoms with van der Waals surface area (Å²) in [7, 11) is -3.73. The molecule has 3 atom stereocenters. The topological polar surface area (TPSA) is 178 Å². The molecule has 2 bridgehead atoms. The third-order valence-corrected chi connectivity index (χ3v) is 9.79. The Morgan fingerprint density at radius 2 is 1.93 bits per heavy atom. The van der Waals surface area contributed by atoms with E-state index in [1.165, 1.54) is 22.0 Å². The fourth-order valence-electron chi connectivity index (χ4n) is 5.90. The third kappa shape index (κ3) is 3.87. The van der Waals surface area contributed by atoms with Gasteiger partial charge in [0.2, 0.25) is 0 Å². The van der Waals surface area contributed by atoms with Crippen molar-refractivity contribution in [3.05, 3.63) is 53.2 Å². The minimum absolute atomic E-state index is 0.0112. The van der Waals surface area contributed by atoms with Crippen LogP contribution < -0.4 is 5.73 Å². The molecule has 8 rings (SSSR count). The van der Waals surface area contributed by atoms with Crippen LogP contribution in [0.1, 0.15) is 47.1 Å². The molecule has 1 amide bonds. The maximum Gasteiger partial charge on any atom is 0.276 e. The Labute approximate surface area is 232 Å². The van der Waals surface area contributed by atoms with Crippen molar-refractivity contribution in [2.45, 2.75) is 49.1 Å². The molecule has 1 aliphatic carbocycles. The third-order valence-electron chi connectivity index (χ3n) is 7.65. The van der Waals surface area contributed by atoms with Gasteiger partial charge in [-0.25, -0.2) is 18.4 Å². The maximum atomic E-state index is 13.0. The van der Waals surface area contributed by atoms with Crippen LogP contribution in [0, 0.1) is 6.92 Å². The number of fused-ring (bicyclic) bond motifs is 3. The molecule has 1 unspecified atom stereocenters. The van der Waals surface area contributed by atoms with E-state index in [9.17, 15) is 13.2 Å². The van der Waals surface area contributed by atoms with E-state index >= 15 is 0 Å².